The monoisotopic (exact) mass is 425 g/mol. The number of carbonyl (C=O) groups is 2. The molecular weight excluding hydrogens is 390 g/mol. The second kappa shape index (κ2) is 10.5. The molecule has 0 spiro atoms. The van der Waals surface area contributed by atoms with Crippen LogP contribution in [-0.4, -0.2) is 30.7 Å². The maximum atomic E-state index is 12.5. The lowest BCUT2D eigenvalue weighted by Gasteiger charge is -2.28. The van der Waals surface area contributed by atoms with Gasteiger partial charge in [0, 0.05) is 12.2 Å². The molecular formula is C26H35NO4. The van der Waals surface area contributed by atoms with Crippen LogP contribution in [0, 0.1) is 5.41 Å². The molecule has 0 bridgehead atoms. The van der Waals surface area contributed by atoms with Gasteiger partial charge in [-0.3, -0.25) is 9.59 Å². The van der Waals surface area contributed by atoms with E-state index < -0.39 is 11.0 Å². The van der Waals surface area contributed by atoms with Crippen LogP contribution in [0.25, 0.3) is 0 Å². The number of para-hydroxylation sites is 1. The summed E-state index contributed by atoms with van der Waals surface area (Å²) in [5.74, 6) is -0.448. The van der Waals surface area contributed by atoms with Gasteiger partial charge in [0.05, 0.1) is 12.0 Å². The third-order valence-electron chi connectivity index (χ3n) is 4.74. The molecule has 0 saturated carbocycles. The highest BCUT2D eigenvalue weighted by atomic mass is 16.6. The summed E-state index contributed by atoms with van der Waals surface area (Å²) in [6.45, 7) is 12.4. The van der Waals surface area contributed by atoms with Crippen LogP contribution in [0.15, 0.2) is 54.6 Å². The Bertz CT molecular complexity index is 851. The second-order valence-corrected chi connectivity index (χ2v) is 9.38. The lowest BCUT2D eigenvalue weighted by molar-refractivity contribution is -0.165. The van der Waals surface area contributed by atoms with Gasteiger partial charge in [-0.25, -0.2) is 0 Å². The van der Waals surface area contributed by atoms with Crippen LogP contribution < -0.4 is 4.90 Å². The topological polar surface area (TPSA) is 55.8 Å². The van der Waals surface area contributed by atoms with Gasteiger partial charge in [-0.2, -0.15) is 0 Å². The van der Waals surface area contributed by atoms with Crippen LogP contribution in [0.5, 0.6) is 0 Å². The zero-order valence-electron chi connectivity index (χ0n) is 19.6. The van der Waals surface area contributed by atoms with Gasteiger partial charge in [0.25, 0.3) is 0 Å². The van der Waals surface area contributed by atoms with E-state index in [4.69, 9.17) is 9.47 Å². The fourth-order valence-electron chi connectivity index (χ4n) is 3.22. The summed E-state index contributed by atoms with van der Waals surface area (Å²) in [7, 11) is 0. The van der Waals surface area contributed by atoms with Gasteiger partial charge in [-0.05, 0) is 71.2 Å². The summed E-state index contributed by atoms with van der Waals surface area (Å²) < 4.78 is 10.7. The predicted molar refractivity (Wildman–Crippen MR) is 124 cm³/mol. The second-order valence-electron chi connectivity index (χ2n) is 9.38. The van der Waals surface area contributed by atoms with Crippen LogP contribution in [0.2, 0.25) is 0 Å². The zero-order valence-corrected chi connectivity index (χ0v) is 19.6. The SMILES string of the molecule is CCOC(=O)CN(Cc1ccc(CC(C)(C)C(=O)OC(C)(C)C)cc1)c1ccccc1. The van der Waals surface area contributed by atoms with Crippen LogP contribution >= 0.6 is 0 Å². The van der Waals surface area contributed by atoms with Crippen molar-refractivity contribution in [2.45, 2.75) is 60.1 Å². The van der Waals surface area contributed by atoms with E-state index in [-0.39, 0.29) is 18.5 Å². The molecule has 0 unspecified atom stereocenters. The molecule has 0 aliphatic heterocycles. The molecule has 2 aromatic carbocycles. The average Bonchev–Trinajstić information content (AvgIpc) is 2.68. The van der Waals surface area contributed by atoms with Gasteiger partial charge in [0.15, 0.2) is 0 Å². The first-order chi connectivity index (χ1) is 14.5. The molecule has 0 radical (unpaired) electrons. The van der Waals surface area contributed by atoms with Crippen molar-refractivity contribution >= 4 is 17.6 Å². The van der Waals surface area contributed by atoms with E-state index in [1.54, 1.807) is 0 Å². The molecule has 0 fully saturated rings. The quantitative estimate of drug-likeness (QED) is 0.519. The molecule has 0 aromatic heterocycles. The Morgan fingerprint density at radius 1 is 0.871 bits per heavy atom. The number of anilines is 1. The van der Waals surface area contributed by atoms with Crippen molar-refractivity contribution in [2.75, 3.05) is 18.1 Å². The number of esters is 2. The van der Waals surface area contributed by atoms with Crippen molar-refractivity contribution in [3.8, 4) is 0 Å². The molecule has 2 rings (SSSR count). The summed E-state index contributed by atoms with van der Waals surface area (Å²) in [5.41, 5.74) is 1.99. The highest BCUT2D eigenvalue weighted by Crippen LogP contribution is 2.27. The van der Waals surface area contributed by atoms with Crippen LogP contribution in [0.3, 0.4) is 0 Å². The van der Waals surface area contributed by atoms with Crippen LogP contribution in [0.4, 0.5) is 5.69 Å². The summed E-state index contributed by atoms with van der Waals surface area (Å²) in [6.07, 6.45) is 0.591. The van der Waals surface area contributed by atoms with E-state index in [1.807, 2.05) is 101 Å². The van der Waals surface area contributed by atoms with E-state index in [9.17, 15) is 9.59 Å². The highest BCUT2D eigenvalue weighted by Gasteiger charge is 2.32. The van der Waals surface area contributed by atoms with Gasteiger partial charge in [0.2, 0.25) is 0 Å². The zero-order chi connectivity index (χ0) is 23.1. The van der Waals surface area contributed by atoms with Crippen molar-refractivity contribution in [3.05, 3.63) is 65.7 Å². The number of hydrogen-bond acceptors (Lipinski definition) is 5. The lowest BCUT2D eigenvalue weighted by Crippen LogP contribution is -2.35. The molecule has 168 valence electrons. The number of hydrogen-bond donors (Lipinski definition) is 0. The summed E-state index contributed by atoms with van der Waals surface area (Å²) >= 11 is 0. The lowest BCUT2D eigenvalue weighted by atomic mass is 9.85. The van der Waals surface area contributed by atoms with Crippen LogP contribution in [0.1, 0.15) is 52.7 Å². The van der Waals surface area contributed by atoms with Crippen molar-refractivity contribution in [3.63, 3.8) is 0 Å². The normalized spacial score (nSPS) is 11.7. The molecule has 31 heavy (non-hydrogen) atoms. The Labute approximate surface area is 186 Å². The van der Waals surface area contributed by atoms with E-state index >= 15 is 0 Å². The van der Waals surface area contributed by atoms with E-state index in [0.29, 0.717) is 19.6 Å². The smallest absolute Gasteiger partial charge is 0.325 e. The van der Waals surface area contributed by atoms with Crippen LogP contribution in [-0.2, 0) is 32.0 Å². The molecule has 2 aromatic rings. The Hall–Kier alpha value is -2.82. The van der Waals surface area contributed by atoms with Gasteiger partial charge in [0.1, 0.15) is 12.1 Å². The van der Waals surface area contributed by atoms with Crippen molar-refractivity contribution in [1.29, 1.82) is 0 Å². The first-order valence-electron chi connectivity index (χ1n) is 10.8. The molecule has 0 aliphatic rings. The van der Waals surface area contributed by atoms with E-state index in [2.05, 4.69) is 0 Å². The Balaban J connectivity index is 2.10. The summed E-state index contributed by atoms with van der Waals surface area (Å²) in [5, 5.41) is 0. The van der Waals surface area contributed by atoms with Gasteiger partial charge in [-0.1, -0.05) is 42.5 Å². The molecule has 0 atom stereocenters. The molecule has 0 N–H and O–H groups in total. The van der Waals surface area contributed by atoms with Crippen molar-refractivity contribution in [2.24, 2.45) is 5.41 Å². The first kappa shape index (κ1) is 24.4. The number of carbonyl (C=O) groups excluding carboxylic acids is 2. The maximum Gasteiger partial charge on any atom is 0.325 e. The van der Waals surface area contributed by atoms with E-state index in [1.165, 1.54) is 0 Å². The number of ether oxygens (including phenoxy) is 2. The van der Waals surface area contributed by atoms with Crippen molar-refractivity contribution in [1.82, 2.24) is 0 Å². The van der Waals surface area contributed by atoms with Gasteiger partial charge < -0.3 is 14.4 Å². The third-order valence-corrected chi connectivity index (χ3v) is 4.74. The van der Waals surface area contributed by atoms with E-state index in [0.717, 1.165) is 16.8 Å². The molecule has 5 heteroatoms. The summed E-state index contributed by atoms with van der Waals surface area (Å²) in [4.78, 5) is 26.6. The number of benzene rings is 2. The maximum absolute atomic E-state index is 12.5. The molecule has 0 amide bonds. The Morgan fingerprint density at radius 3 is 2.00 bits per heavy atom. The van der Waals surface area contributed by atoms with Gasteiger partial charge >= 0.3 is 11.9 Å². The molecule has 0 saturated heterocycles. The predicted octanol–water partition coefficient (Wildman–Crippen LogP) is 5.17. The Morgan fingerprint density at radius 2 is 1.45 bits per heavy atom. The molecule has 0 heterocycles. The number of nitrogens with zero attached hydrogens (tertiary/aromatic N) is 1. The minimum absolute atomic E-state index is 0.186. The minimum Gasteiger partial charge on any atom is -0.465 e. The molecule has 5 nitrogen and oxygen atoms in total. The fraction of sp³-hybridized carbons (Fsp3) is 0.462. The third kappa shape index (κ3) is 8.08. The summed E-state index contributed by atoms with van der Waals surface area (Å²) in [6, 6.07) is 18.0. The van der Waals surface area contributed by atoms with Crippen molar-refractivity contribution < 1.29 is 19.1 Å². The minimum atomic E-state index is -0.616. The fourth-order valence-corrected chi connectivity index (χ4v) is 3.22. The average molecular weight is 426 g/mol. The number of rotatable bonds is 9. The highest BCUT2D eigenvalue weighted by molar-refractivity contribution is 5.77. The largest absolute Gasteiger partial charge is 0.465 e. The Kier molecular flexibility index (Phi) is 8.26. The van der Waals surface area contributed by atoms with Gasteiger partial charge in [-0.15, -0.1) is 0 Å². The first-order valence-corrected chi connectivity index (χ1v) is 10.8. The standard InChI is InChI=1S/C26H35NO4/c1-7-30-23(28)19-27(22-11-9-8-10-12-22)18-21-15-13-20(14-16-21)17-26(5,6)24(29)31-25(2,3)4/h8-16H,7,17-19H2,1-6H3. The molecule has 0 aliphatic carbocycles.